The molecule has 118 valence electrons. The number of rotatable bonds is 6. The van der Waals surface area contributed by atoms with Gasteiger partial charge in [-0.3, -0.25) is 0 Å². The standard InChI is InChI=1S/C15H15Cl2NO3S/c1-11-2-5-13(10-15(11)17)21-9-8-18-22(19,20)14-6-3-12(16)4-7-14/h2-7,10,18H,8-9H2,1H3. The van der Waals surface area contributed by atoms with Gasteiger partial charge in [0.2, 0.25) is 10.0 Å². The molecule has 0 saturated heterocycles. The second-order valence-electron chi connectivity index (χ2n) is 4.61. The van der Waals surface area contributed by atoms with Crippen molar-refractivity contribution in [1.82, 2.24) is 4.72 Å². The highest BCUT2D eigenvalue weighted by Gasteiger charge is 2.12. The van der Waals surface area contributed by atoms with Gasteiger partial charge in [-0.1, -0.05) is 29.3 Å². The normalized spacial score (nSPS) is 11.4. The number of aryl methyl sites for hydroxylation is 1. The van der Waals surface area contributed by atoms with Gasteiger partial charge in [-0.2, -0.15) is 0 Å². The molecule has 2 rings (SSSR count). The van der Waals surface area contributed by atoms with Crippen molar-refractivity contribution in [3.05, 3.63) is 58.1 Å². The molecule has 0 heterocycles. The van der Waals surface area contributed by atoms with Crippen molar-refractivity contribution in [2.45, 2.75) is 11.8 Å². The smallest absolute Gasteiger partial charge is 0.240 e. The summed E-state index contributed by atoms with van der Waals surface area (Å²) in [7, 11) is -3.56. The number of hydrogen-bond donors (Lipinski definition) is 1. The lowest BCUT2D eigenvalue weighted by atomic mass is 10.2. The summed E-state index contributed by atoms with van der Waals surface area (Å²) in [6, 6.07) is 11.3. The van der Waals surface area contributed by atoms with E-state index in [1.165, 1.54) is 24.3 Å². The Kier molecular flexibility index (Phi) is 5.69. The van der Waals surface area contributed by atoms with E-state index >= 15 is 0 Å². The highest BCUT2D eigenvalue weighted by Crippen LogP contribution is 2.21. The first kappa shape index (κ1) is 17.1. The van der Waals surface area contributed by atoms with E-state index in [0.717, 1.165) is 5.56 Å². The van der Waals surface area contributed by atoms with E-state index in [4.69, 9.17) is 27.9 Å². The van der Waals surface area contributed by atoms with Crippen LogP contribution in [0.25, 0.3) is 0 Å². The second-order valence-corrected chi connectivity index (χ2v) is 7.22. The van der Waals surface area contributed by atoms with Gasteiger partial charge in [-0.05, 0) is 48.9 Å². The molecule has 4 nitrogen and oxygen atoms in total. The fraction of sp³-hybridized carbons (Fsp3) is 0.200. The lowest BCUT2D eigenvalue weighted by Crippen LogP contribution is -2.28. The van der Waals surface area contributed by atoms with E-state index < -0.39 is 10.0 Å². The average Bonchev–Trinajstić information content (AvgIpc) is 2.48. The number of halogens is 2. The van der Waals surface area contributed by atoms with Gasteiger partial charge in [-0.15, -0.1) is 0 Å². The highest BCUT2D eigenvalue weighted by molar-refractivity contribution is 7.89. The third-order valence-electron chi connectivity index (χ3n) is 2.93. The predicted molar refractivity (Wildman–Crippen MR) is 88.3 cm³/mol. The monoisotopic (exact) mass is 359 g/mol. The minimum Gasteiger partial charge on any atom is -0.492 e. The van der Waals surface area contributed by atoms with Gasteiger partial charge in [0.1, 0.15) is 12.4 Å². The van der Waals surface area contributed by atoms with E-state index in [1.54, 1.807) is 12.1 Å². The van der Waals surface area contributed by atoms with Crippen LogP contribution in [0.2, 0.25) is 10.0 Å². The van der Waals surface area contributed by atoms with Crippen LogP contribution in [-0.2, 0) is 10.0 Å². The number of sulfonamides is 1. The van der Waals surface area contributed by atoms with E-state index in [1.807, 2.05) is 13.0 Å². The molecule has 0 fully saturated rings. The Bertz CT molecular complexity index is 746. The van der Waals surface area contributed by atoms with Gasteiger partial charge in [-0.25, -0.2) is 13.1 Å². The van der Waals surface area contributed by atoms with Gasteiger partial charge in [0, 0.05) is 16.6 Å². The molecule has 0 radical (unpaired) electrons. The summed E-state index contributed by atoms with van der Waals surface area (Å²) in [4.78, 5) is 0.162. The Hall–Kier alpha value is -1.27. The minimum absolute atomic E-state index is 0.149. The lowest BCUT2D eigenvalue weighted by molar-refractivity contribution is 0.323. The molecule has 22 heavy (non-hydrogen) atoms. The van der Waals surface area contributed by atoms with Crippen LogP contribution in [0.15, 0.2) is 47.4 Å². The van der Waals surface area contributed by atoms with Crippen LogP contribution in [0.3, 0.4) is 0 Å². The summed E-state index contributed by atoms with van der Waals surface area (Å²) < 4.78 is 32.0. The zero-order valence-electron chi connectivity index (χ0n) is 11.8. The fourth-order valence-corrected chi connectivity index (χ4v) is 3.02. The van der Waals surface area contributed by atoms with Crippen molar-refractivity contribution in [2.75, 3.05) is 13.2 Å². The zero-order chi connectivity index (χ0) is 16.2. The Morgan fingerprint density at radius 3 is 2.41 bits per heavy atom. The van der Waals surface area contributed by atoms with Crippen LogP contribution in [0.5, 0.6) is 5.75 Å². The Morgan fingerprint density at radius 1 is 1.09 bits per heavy atom. The first-order chi connectivity index (χ1) is 10.4. The SMILES string of the molecule is Cc1ccc(OCCNS(=O)(=O)c2ccc(Cl)cc2)cc1Cl. The zero-order valence-corrected chi connectivity index (χ0v) is 14.2. The van der Waals surface area contributed by atoms with E-state index in [9.17, 15) is 8.42 Å². The van der Waals surface area contributed by atoms with Crippen LogP contribution >= 0.6 is 23.2 Å². The summed E-state index contributed by atoms with van der Waals surface area (Å²) in [6.45, 7) is 2.25. The molecular formula is C15H15Cl2NO3S. The first-order valence-corrected chi connectivity index (χ1v) is 8.76. The molecule has 0 amide bonds. The van der Waals surface area contributed by atoms with E-state index in [2.05, 4.69) is 4.72 Å². The van der Waals surface area contributed by atoms with Crippen LogP contribution in [0.1, 0.15) is 5.56 Å². The Balaban J connectivity index is 1.87. The van der Waals surface area contributed by atoms with Crippen molar-refractivity contribution in [3.63, 3.8) is 0 Å². The molecule has 0 saturated carbocycles. The van der Waals surface area contributed by atoms with Gasteiger partial charge in [0.15, 0.2) is 0 Å². The summed E-state index contributed by atoms with van der Waals surface area (Å²) in [5.41, 5.74) is 0.956. The molecule has 2 aromatic rings. The van der Waals surface area contributed by atoms with Gasteiger partial charge >= 0.3 is 0 Å². The van der Waals surface area contributed by atoms with E-state index in [0.29, 0.717) is 15.8 Å². The molecule has 0 aromatic heterocycles. The summed E-state index contributed by atoms with van der Waals surface area (Å²) in [5, 5.41) is 1.10. The van der Waals surface area contributed by atoms with Crippen LogP contribution in [0, 0.1) is 6.92 Å². The quantitative estimate of drug-likeness (QED) is 0.800. The van der Waals surface area contributed by atoms with Crippen LogP contribution in [0.4, 0.5) is 0 Å². The van der Waals surface area contributed by atoms with Crippen LogP contribution in [-0.4, -0.2) is 21.6 Å². The molecule has 1 N–H and O–H groups in total. The van der Waals surface area contributed by atoms with E-state index in [-0.39, 0.29) is 18.0 Å². The molecule has 0 aliphatic carbocycles. The second kappa shape index (κ2) is 7.33. The van der Waals surface area contributed by atoms with Crippen molar-refractivity contribution in [1.29, 1.82) is 0 Å². The number of nitrogens with one attached hydrogen (secondary N) is 1. The maximum Gasteiger partial charge on any atom is 0.240 e. The summed E-state index contributed by atoms with van der Waals surface area (Å²) in [5.74, 6) is 0.598. The molecule has 0 atom stereocenters. The number of benzene rings is 2. The fourth-order valence-electron chi connectivity index (χ4n) is 1.71. The van der Waals surface area contributed by atoms with Crippen molar-refractivity contribution >= 4 is 33.2 Å². The molecule has 0 aliphatic rings. The molecule has 2 aromatic carbocycles. The minimum atomic E-state index is -3.56. The number of hydrogen-bond acceptors (Lipinski definition) is 3. The van der Waals surface area contributed by atoms with Crippen molar-refractivity contribution < 1.29 is 13.2 Å². The van der Waals surface area contributed by atoms with Crippen LogP contribution < -0.4 is 9.46 Å². The summed E-state index contributed by atoms with van der Waals surface area (Å²) in [6.07, 6.45) is 0. The van der Waals surface area contributed by atoms with Gasteiger partial charge in [0.05, 0.1) is 4.90 Å². The first-order valence-electron chi connectivity index (χ1n) is 6.53. The molecule has 0 bridgehead atoms. The molecule has 0 aliphatic heterocycles. The molecule has 0 spiro atoms. The van der Waals surface area contributed by atoms with Crippen molar-refractivity contribution in [2.24, 2.45) is 0 Å². The number of ether oxygens (including phenoxy) is 1. The highest BCUT2D eigenvalue weighted by atomic mass is 35.5. The van der Waals surface area contributed by atoms with Gasteiger partial charge < -0.3 is 4.74 Å². The maximum absolute atomic E-state index is 12.0. The third-order valence-corrected chi connectivity index (χ3v) is 5.07. The Labute approximate surface area is 140 Å². The van der Waals surface area contributed by atoms with Crippen molar-refractivity contribution in [3.8, 4) is 5.75 Å². The molecule has 7 heteroatoms. The maximum atomic E-state index is 12.0. The average molecular weight is 360 g/mol. The predicted octanol–water partition coefficient (Wildman–Crippen LogP) is 3.66. The van der Waals surface area contributed by atoms with Gasteiger partial charge in [0.25, 0.3) is 0 Å². The molecule has 0 unspecified atom stereocenters. The largest absolute Gasteiger partial charge is 0.492 e. The molecular weight excluding hydrogens is 345 g/mol. The third kappa shape index (κ3) is 4.61. The Morgan fingerprint density at radius 2 is 1.77 bits per heavy atom. The topological polar surface area (TPSA) is 55.4 Å². The summed E-state index contributed by atoms with van der Waals surface area (Å²) >= 11 is 11.7. The lowest BCUT2D eigenvalue weighted by Gasteiger charge is -2.09.